The molecular formula is C41H30O26. The van der Waals surface area contributed by atoms with Crippen LogP contribution in [-0.4, -0.2) is 155 Å². The number of cyclic esters (lactones) is 2. The van der Waals surface area contributed by atoms with Gasteiger partial charge in [-0.1, -0.05) is 0 Å². The summed E-state index contributed by atoms with van der Waals surface area (Å²) >= 11 is 0. The molecule has 4 aliphatic heterocycles. The maximum absolute atomic E-state index is 14.6. The summed E-state index contributed by atoms with van der Waals surface area (Å²) in [7, 11) is 0. The van der Waals surface area contributed by atoms with E-state index in [9.17, 15) is 106 Å². The first-order valence-electron chi connectivity index (χ1n) is 18.8. The van der Waals surface area contributed by atoms with Crippen molar-refractivity contribution >= 4 is 35.4 Å². The Morgan fingerprint density at radius 3 is 1.63 bits per heavy atom. The lowest BCUT2D eigenvalue weighted by Gasteiger charge is -2.41. The lowest BCUT2D eigenvalue weighted by molar-refractivity contribution is -0.181. The first kappa shape index (κ1) is 44.6. The Morgan fingerprint density at radius 2 is 1.01 bits per heavy atom. The average Bonchev–Trinajstić information content (AvgIpc) is 3.29. The van der Waals surface area contributed by atoms with Gasteiger partial charge in [0.2, 0.25) is 17.2 Å². The van der Waals surface area contributed by atoms with E-state index in [4.69, 9.17) is 23.7 Å². The molecular weight excluding hydrogens is 908 g/mol. The van der Waals surface area contributed by atoms with Crippen molar-refractivity contribution in [3.05, 3.63) is 75.1 Å². The first-order chi connectivity index (χ1) is 31.5. The number of aliphatic hydroxyl groups excluding tert-OH is 4. The fourth-order valence-electron chi connectivity index (χ4n) is 7.92. The molecule has 4 bridgehead atoms. The fraction of sp³-hybridized carbons (Fsp3) is 0.195. The maximum atomic E-state index is 14.6. The summed E-state index contributed by atoms with van der Waals surface area (Å²) in [5.74, 6) is -26.3. The van der Waals surface area contributed by atoms with Crippen molar-refractivity contribution in [2.24, 2.45) is 0 Å². The van der Waals surface area contributed by atoms with Gasteiger partial charge >= 0.3 is 29.8 Å². The van der Waals surface area contributed by atoms with Gasteiger partial charge in [0, 0.05) is 27.8 Å². The minimum absolute atomic E-state index is 0.386. The van der Waals surface area contributed by atoms with Crippen LogP contribution in [0.2, 0.25) is 0 Å². The molecule has 0 fully saturated rings. The van der Waals surface area contributed by atoms with E-state index in [0.717, 1.165) is 0 Å². The van der Waals surface area contributed by atoms with Crippen molar-refractivity contribution in [2.75, 3.05) is 6.61 Å². The summed E-state index contributed by atoms with van der Waals surface area (Å²) in [6.07, 6.45) is -17.9. The van der Waals surface area contributed by atoms with Crippen molar-refractivity contribution in [1.29, 1.82) is 0 Å². The van der Waals surface area contributed by atoms with Crippen molar-refractivity contribution in [2.45, 2.75) is 42.7 Å². The highest BCUT2D eigenvalue weighted by Gasteiger charge is 2.54. The van der Waals surface area contributed by atoms with Crippen LogP contribution < -0.4 is 0 Å². The lowest BCUT2D eigenvalue weighted by Crippen LogP contribution is -2.56. The Bertz CT molecular complexity index is 2960. The van der Waals surface area contributed by atoms with Gasteiger partial charge in [0.1, 0.15) is 30.7 Å². The molecule has 16 N–H and O–H groups in total. The molecule has 0 spiro atoms. The Balaban J connectivity index is 1.41. The zero-order valence-electron chi connectivity index (χ0n) is 32.9. The largest absolute Gasteiger partial charge is 0.509 e. The number of ether oxygens (including phenoxy) is 5. The molecule has 7 atom stereocenters. The molecule has 4 aromatic rings. The predicted molar refractivity (Wildman–Crippen MR) is 207 cm³/mol. The summed E-state index contributed by atoms with van der Waals surface area (Å²) < 4.78 is 27.6. The van der Waals surface area contributed by atoms with Crippen LogP contribution in [0.1, 0.15) is 58.7 Å². The number of benzene rings is 4. The fourth-order valence-corrected chi connectivity index (χ4v) is 7.92. The van der Waals surface area contributed by atoms with Crippen LogP contribution in [0, 0.1) is 0 Å². The quantitative estimate of drug-likeness (QED) is 0.0722. The number of phenolic OH excluding ortho intramolecular Hbond substituents is 12. The Morgan fingerprint density at radius 1 is 0.493 bits per heavy atom. The summed E-state index contributed by atoms with van der Waals surface area (Å²) in [4.78, 5) is 71.0. The minimum Gasteiger partial charge on any atom is -0.509 e. The highest BCUT2D eigenvalue weighted by Crippen LogP contribution is 2.58. The van der Waals surface area contributed by atoms with Gasteiger partial charge in [-0.25, -0.2) is 24.0 Å². The number of aliphatic hydroxyl groups is 4. The van der Waals surface area contributed by atoms with Gasteiger partial charge in [0.25, 0.3) is 0 Å². The van der Waals surface area contributed by atoms with Crippen LogP contribution >= 0.6 is 0 Å². The van der Waals surface area contributed by atoms with E-state index >= 15 is 0 Å². The third-order valence-electron chi connectivity index (χ3n) is 11.1. The third-order valence-corrected chi connectivity index (χ3v) is 11.1. The van der Waals surface area contributed by atoms with Gasteiger partial charge in [0.15, 0.2) is 76.2 Å². The van der Waals surface area contributed by atoms with E-state index < -0.39 is 210 Å². The number of esters is 5. The van der Waals surface area contributed by atoms with Crippen molar-refractivity contribution in [3.8, 4) is 80.1 Å². The number of phenols is 12. The van der Waals surface area contributed by atoms with E-state index in [0.29, 0.717) is 30.3 Å². The highest BCUT2D eigenvalue weighted by atomic mass is 16.6. The Kier molecular flexibility index (Phi) is 10.4. The monoisotopic (exact) mass is 938 g/mol. The van der Waals surface area contributed by atoms with E-state index in [1.165, 1.54) is 0 Å². The van der Waals surface area contributed by atoms with Gasteiger partial charge in [-0.3, -0.25) is 0 Å². The molecule has 26 heteroatoms. The van der Waals surface area contributed by atoms with Gasteiger partial charge in [-0.2, -0.15) is 0 Å². The Hall–Kier alpha value is -9.01. The van der Waals surface area contributed by atoms with Gasteiger partial charge < -0.3 is 105 Å². The summed E-state index contributed by atoms with van der Waals surface area (Å²) in [6.45, 7) is -1.49. The number of hydrogen-bond acceptors (Lipinski definition) is 26. The Labute approximate surface area is 368 Å². The van der Waals surface area contributed by atoms with Gasteiger partial charge in [-0.05, 0) is 30.3 Å². The zero-order valence-corrected chi connectivity index (χ0v) is 32.9. The van der Waals surface area contributed by atoms with Crippen molar-refractivity contribution in [3.63, 3.8) is 0 Å². The van der Waals surface area contributed by atoms with E-state index in [-0.39, 0.29) is 0 Å². The first-order valence-corrected chi connectivity index (χ1v) is 18.8. The van der Waals surface area contributed by atoms with Crippen LogP contribution in [0.5, 0.6) is 69.0 Å². The molecule has 4 heterocycles. The minimum atomic E-state index is -2.78. The van der Waals surface area contributed by atoms with E-state index in [1.807, 2.05) is 0 Å². The smallest absolute Gasteiger partial charge is 0.339 e. The van der Waals surface area contributed by atoms with Gasteiger partial charge in [0.05, 0.1) is 27.8 Å². The number of fused-ring (bicyclic) bond motifs is 5. The molecule has 4 aromatic carbocycles. The molecule has 9 rings (SSSR count). The van der Waals surface area contributed by atoms with Crippen LogP contribution in [0.25, 0.3) is 16.7 Å². The topological polar surface area (TPSA) is 455 Å². The zero-order chi connectivity index (χ0) is 49.0. The molecule has 2 unspecified atom stereocenters. The second kappa shape index (κ2) is 15.6. The second-order valence-electron chi connectivity index (χ2n) is 15.0. The molecule has 0 saturated heterocycles. The summed E-state index contributed by atoms with van der Waals surface area (Å²) in [5.41, 5.74) is -10.7. The van der Waals surface area contributed by atoms with Gasteiger partial charge in [-0.15, -0.1) is 0 Å². The number of aromatic hydroxyl groups is 12. The van der Waals surface area contributed by atoms with Crippen LogP contribution in [0.3, 0.4) is 0 Å². The van der Waals surface area contributed by atoms with E-state index in [1.54, 1.807) is 0 Å². The number of carbonyl (C=O) groups is 5. The standard InChI is InChI=1S/C41H30O26/c42-11-1-7(2-12(43)23(11)47)37(58)64-16-6-63-38(59)8-3-13(44)24(48)27(51)17(8)18-9(4-14(45)25(49)28(18)52)39(60)65-34(16)36-35-32(56)22-21(41(62)66-35)20(30(54)33(57)31(22)55)19-10(40(61)67-36)5-15(46)26(50)29(19)53/h1-5,16,25,28,32,34-36,42-57H,6H2/t16-,25?,28?,32+,34-,35+,36+/m1/s1. The molecule has 5 aliphatic rings. The lowest BCUT2D eigenvalue weighted by atomic mass is 9.82. The van der Waals surface area contributed by atoms with Crippen molar-refractivity contribution in [1.82, 2.24) is 0 Å². The van der Waals surface area contributed by atoms with Crippen LogP contribution in [-0.2, 0) is 28.5 Å². The average molecular weight is 939 g/mol. The SMILES string of the molecule is O=C1O[C@@H]([C@@H]2OC(=O)c3cc(O)c(O)c(O)c3-c3c(O)c(O)c(O)c4c3C(=O)O[C@H]2[C@H]4O)[C@H](OC(=O)c2cc(O)c(O)c(O)c2)COC(=O)c2cc(O)c(O)c(O)c2C2=C1C=C(O)C(O)C2O. The van der Waals surface area contributed by atoms with E-state index in [2.05, 4.69) is 0 Å². The van der Waals surface area contributed by atoms with Crippen LogP contribution in [0.15, 0.2) is 41.7 Å². The molecule has 67 heavy (non-hydrogen) atoms. The number of rotatable bonds is 3. The molecule has 1 aliphatic carbocycles. The molecule has 0 aromatic heterocycles. The molecule has 350 valence electrons. The molecule has 26 nitrogen and oxygen atoms in total. The molecule has 0 amide bonds. The second-order valence-corrected chi connectivity index (χ2v) is 15.0. The van der Waals surface area contributed by atoms with Crippen molar-refractivity contribution < 1.29 is 129 Å². The molecule has 0 saturated carbocycles. The summed E-state index contributed by atoms with van der Waals surface area (Å²) in [5, 5.41) is 172. The summed E-state index contributed by atoms with van der Waals surface area (Å²) in [6, 6.07) is 1.86. The normalized spacial score (nSPS) is 23.5. The molecule has 0 radical (unpaired) electrons. The third kappa shape index (κ3) is 6.73. The highest BCUT2D eigenvalue weighted by molar-refractivity contribution is 6.11. The maximum Gasteiger partial charge on any atom is 0.339 e. The number of carbonyl (C=O) groups excluding carboxylic acids is 5. The predicted octanol–water partition coefficient (Wildman–Crippen LogP) is -0.129. The number of hydrogen-bond donors (Lipinski definition) is 16. The van der Waals surface area contributed by atoms with Crippen LogP contribution in [0.4, 0.5) is 0 Å².